The van der Waals surface area contributed by atoms with Gasteiger partial charge in [-0.3, -0.25) is 0 Å². The molecule has 1 heterocycles. The monoisotopic (exact) mass is 263 g/mol. The van der Waals surface area contributed by atoms with Crippen molar-refractivity contribution in [3.05, 3.63) is 48.3 Å². The van der Waals surface area contributed by atoms with Crippen molar-refractivity contribution >= 4 is 20.1 Å². The van der Waals surface area contributed by atoms with Crippen molar-refractivity contribution in [1.82, 2.24) is 15.2 Å². The minimum Gasteiger partial charge on any atom is -0.305 e. The van der Waals surface area contributed by atoms with Crippen molar-refractivity contribution in [1.29, 1.82) is 0 Å². The maximum absolute atomic E-state index is 11.2. The Labute approximate surface area is 105 Å². The Kier molecular flexibility index (Phi) is 4.17. The van der Waals surface area contributed by atoms with Gasteiger partial charge in [-0.25, -0.2) is 5.10 Å². The summed E-state index contributed by atoms with van der Waals surface area (Å²) in [7, 11) is -2.40. The highest BCUT2D eigenvalue weighted by molar-refractivity contribution is 7.39. The first-order valence-electron chi connectivity index (χ1n) is 5.26. The molecule has 2 aromatic rings. The summed E-state index contributed by atoms with van der Waals surface area (Å²) in [5, 5.41) is 9.01. The van der Waals surface area contributed by atoms with E-state index in [1.165, 1.54) is 6.33 Å². The van der Waals surface area contributed by atoms with Gasteiger partial charge in [-0.05, 0) is 16.2 Å². The van der Waals surface area contributed by atoms with Gasteiger partial charge in [-0.15, -0.1) is 0 Å². The van der Waals surface area contributed by atoms with Gasteiger partial charge in [0.25, 0.3) is 5.78 Å². The van der Waals surface area contributed by atoms with Crippen molar-refractivity contribution in [2.75, 3.05) is 5.32 Å². The van der Waals surface area contributed by atoms with Crippen molar-refractivity contribution in [2.24, 2.45) is 0 Å². The van der Waals surface area contributed by atoms with Gasteiger partial charge in [0.1, 0.15) is 6.33 Å². The van der Waals surface area contributed by atoms with Gasteiger partial charge in [-0.1, -0.05) is 36.4 Å². The lowest BCUT2D eigenvalue weighted by atomic mass is 10.2. The largest absolute Gasteiger partial charge is 0.535 e. The highest BCUT2D eigenvalue weighted by Crippen LogP contribution is 2.24. The lowest BCUT2D eigenvalue weighted by molar-refractivity contribution is 0.499. The van der Waals surface area contributed by atoms with Crippen LogP contribution in [0.4, 0.5) is 5.95 Å². The summed E-state index contributed by atoms with van der Waals surface area (Å²) in [6, 6.07) is 9.53. The third-order valence-corrected chi connectivity index (χ3v) is 2.99. The summed E-state index contributed by atoms with van der Waals surface area (Å²) in [5.74, 6) is -0.358. The summed E-state index contributed by atoms with van der Waals surface area (Å²) in [4.78, 5) is 13.1. The predicted octanol–water partition coefficient (Wildman–Crippen LogP) is 1.99. The number of nitrogens with one attached hydrogen (secondary N) is 2. The quantitative estimate of drug-likeness (QED) is 0.717. The molecule has 0 saturated carbocycles. The molecular formula is C11H12N4O2P+. The molecule has 2 atom stereocenters. The van der Waals surface area contributed by atoms with Crippen LogP contribution in [0.3, 0.4) is 0 Å². The molecular weight excluding hydrogens is 251 g/mol. The second kappa shape index (κ2) is 6.05. The Morgan fingerprint density at radius 3 is 2.78 bits per heavy atom. The first-order chi connectivity index (χ1) is 8.75. The first kappa shape index (κ1) is 12.4. The van der Waals surface area contributed by atoms with E-state index in [2.05, 4.69) is 20.5 Å². The van der Waals surface area contributed by atoms with Crippen LogP contribution in [0.15, 0.2) is 42.7 Å². The Bertz CT molecular complexity index is 527. The zero-order valence-electron chi connectivity index (χ0n) is 9.39. The van der Waals surface area contributed by atoms with E-state index in [-0.39, 0.29) is 0 Å². The number of hydrogen-bond donors (Lipinski definition) is 3. The van der Waals surface area contributed by atoms with Gasteiger partial charge in [0.2, 0.25) is 5.95 Å². The molecule has 18 heavy (non-hydrogen) atoms. The standard InChI is InChI=1S/C11H11N4O2P/c16-18(17)10(14-11-12-8-13-15-11)7-6-9-4-2-1-3-5-9/h1-8,10H,(H2-,12,13,14,15,16,17)/p+1/b7-6+. The number of H-pyrrole nitrogens is 1. The Balaban J connectivity index is 2.07. The summed E-state index contributed by atoms with van der Waals surface area (Å²) in [5.41, 5.74) is 0.957. The smallest absolute Gasteiger partial charge is 0.305 e. The van der Waals surface area contributed by atoms with Gasteiger partial charge < -0.3 is 5.32 Å². The number of anilines is 1. The van der Waals surface area contributed by atoms with Crippen LogP contribution in [0.1, 0.15) is 5.56 Å². The van der Waals surface area contributed by atoms with Crippen molar-refractivity contribution < 1.29 is 9.46 Å². The third kappa shape index (κ3) is 3.48. The molecule has 0 fully saturated rings. The van der Waals surface area contributed by atoms with Gasteiger partial charge in [-0.2, -0.15) is 15.0 Å². The Hall–Kier alpha value is -2.04. The van der Waals surface area contributed by atoms with Crippen LogP contribution in [-0.4, -0.2) is 25.9 Å². The van der Waals surface area contributed by atoms with Crippen LogP contribution in [0, 0.1) is 0 Å². The molecule has 92 valence electrons. The molecule has 0 saturated heterocycles. The molecule has 0 bridgehead atoms. The number of nitrogens with zero attached hydrogens (tertiary/aromatic N) is 2. The molecule has 0 amide bonds. The number of rotatable bonds is 5. The number of benzene rings is 1. The molecule has 6 nitrogen and oxygen atoms in total. The van der Waals surface area contributed by atoms with Gasteiger partial charge in [0.15, 0.2) is 0 Å². The zero-order chi connectivity index (χ0) is 12.8. The average molecular weight is 263 g/mol. The summed E-state index contributed by atoms with van der Waals surface area (Å²) in [6.45, 7) is 0. The molecule has 0 aliphatic heterocycles. The molecule has 0 aliphatic rings. The molecule has 0 radical (unpaired) electrons. The van der Waals surface area contributed by atoms with Crippen LogP contribution in [0.5, 0.6) is 0 Å². The molecule has 2 unspecified atom stereocenters. The van der Waals surface area contributed by atoms with Crippen LogP contribution in [0.2, 0.25) is 0 Å². The second-order valence-corrected chi connectivity index (χ2v) is 4.66. The fourth-order valence-corrected chi connectivity index (χ4v) is 1.82. The predicted molar refractivity (Wildman–Crippen MR) is 69.1 cm³/mol. The lowest BCUT2D eigenvalue weighted by Crippen LogP contribution is -2.13. The maximum Gasteiger partial charge on any atom is 0.535 e. The van der Waals surface area contributed by atoms with E-state index >= 15 is 0 Å². The highest BCUT2D eigenvalue weighted by Gasteiger charge is 2.26. The van der Waals surface area contributed by atoms with Crippen LogP contribution in [-0.2, 0) is 4.57 Å². The van der Waals surface area contributed by atoms with E-state index in [1.807, 2.05) is 30.3 Å². The van der Waals surface area contributed by atoms with Crippen LogP contribution >= 0.6 is 8.03 Å². The van der Waals surface area contributed by atoms with E-state index in [1.54, 1.807) is 12.2 Å². The van der Waals surface area contributed by atoms with Crippen molar-refractivity contribution in [3.63, 3.8) is 0 Å². The van der Waals surface area contributed by atoms with Crippen LogP contribution < -0.4 is 5.32 Å². The summed E-state index contributed by atoms with van der Waals surface area (Å²) < 4.78 is 11.2. The lowest BCUT2D eigenvalue weighted by Gasteiger charge is -2.00. The number of hydrogen-bond acceptors (Lipinski definition) is 4. The molecule has 3 N–H and O–H groups in total. The fraction of sp³-hybridized carbons (Fsp3) is 0.0909. The highest BCUT2D eigenvalue weighted by atomic mass is 31.1. The van der Waals surface area contributed by atoms with E-state index in [0.717, 1.165) is 5.56 Å². The fourth-order valence-electron chi connectivity index (χ4n) is 1.36. The SMILES string of the molecule is O=[P+](O)C(/C=C/c1ccccc1)Nc1ncn[nH]1. The molecule has 7 heteroatoms. The van der Waals surface area contributed by atoms with Gasteiger partial charge in [0, 0.05) is 0 Å². The van der Waals surface area contributed by atoms with E-state index in [9.17, 15) is 9.46 Å². The molecule has 0 spiro atoms. The first-order valence-corrected chi connectivity index (χ1v) is 6.54. The van der Waals surface area contributed by atoms with Crippen molar-refractivity contribution in [2.45, 2.75) is 5.78 Å². The van der Waals surface area contributed by atoms with E-state index in [0.29, 0.717) is 5.95 Å². The molecule has 2 rings (SSSR count). The molecule has 0 aliphatic carbocycles. The van der Waals surface area contributed by atoms with Gasteiger partial charge >= 0.3 is 8.03 Å². The molecule has 1 aromatic carbocycles. The Morgan fingerprint density at radius 2 is 2.17 bits per heavy atom. The van der Waals surface area contributed by atoms with E-state index < -0.39 is 13.8 Å². The molecule has 1 aromatic heterocycles. The number of aromatic nitrogens is 3. The Morgan fingerprint density at radius 1 is 1.39 bits per heavy atom. The summed E-state index contributed by atoms with van der Waals surface area (Å²) >= 11 is 0. The second-order valence-electron chi connectivity index (χ2n) is 3.50. The van der Waals surface area contributed by atoms with E-state index in [4.69, 9.17) is 0 Å². The normalized spacial score (nSPS) is 13.5. The number of aromatic amines is 1. The third-order valence-electron chi connectivity index (χ3n) is 2.21. The topological polar surface area (TPSA) is 90.9 Å². The minimum absolute atomic E-state index is 0.357. The maximum atomic E-state index is 11.2. The minimum atomic E-state index is -2.40. The van der Waals surface area contributed by atoms with Crippen LogP contribution in [0.25, 0.3) is 6.08 Å². The average Bonchev–Trinajstić information content (AvgIpc) is 2.88. The zero-order valence-corrected chi connectivity index (χ0v) is 10.3. The van der Waals surface area contributed by atoms with Crippen molar-refractivity contribution in [3.8, 4) is 0 Å². The summed E-state index contributed by atoms with van der Waals surface area (Å²) in [6.07, 6.45) is 4.72. The van der Waals surface area contributed by atoms with Gasteiger partial charge in [0.05, 0.1) is 0 Å².